The van der Waals surface area contributed by atoms with Crippen molar-refractivity contribution in [2.75, 3.05) is 32.7 Å². The van der Waals surface area contributed by atoms with Crippen molar-refractivity contribution >= 4 is 33.5 Å². The van der Waals surface area contributed by atoms with Crippen LogP contribution in [0.5, 0.6) is 0 Å². The number of carbonyl (C=O) groups is 2. The van der Waals surface area contributed by atoms with E-state index in [9.17, 15) is 14.7 Å². The fourth-order valence-corrected chi connectivity index (χ4v) is 7.82. The molecule has 2 atom stereocenters. The number of piperidine rings is 2. The highest BCUT2D eigenvalue weighted by molar-refractivity contribution is 7.19. The molecule has 0 saturated carbocycles. The van der Waals surface area contributed by atoms with Gasteiger partial charge in [0.15, 0.2) is 5.01 Å². The van der Waals surface area contributed by atoms with Crippen LogP contribution < -0.4 is 16.0 Å². The summed E-state index contributed by atoms with van der Waals surface area (Å²) < 4.78 is 0. The van der Waals surface area contributed by atoms with E-state index in [-0.39, 0.29) is 35.4 Å². The number of hydrogen-bond acceptors (Lipinski definition) is 8. The summed E-state index contributed by atoms with van der Waals surface area (Å²) >= 11 is 1.35. The van der Waals surface area contributed by atoms with Gasteiger partial charge in [-0.3, -0.25) is 9.59 Å². The van der Waals surface area contributed by atoms with Gasteiger partial charge in [0.05, 0.1) is 12.1 Å². The number of amides is 2. The summed E-state index contributed by atoms with van der Waals surface area (Å²) in [6, 6.07) is 9.68. The summed E-state index contributed by atoms with van der Waals surface area (Å²) in [7, 11) is 0. The summed E-state index contributed by atoms with van der Waals surface area (Å²) in [5.74, 6) is 0.313. The highest BCUT2D eigenvalue weighted by atomic mass is 32.1. The van der Waals surface area contributed by atoms with E-state index in [1.807, 2.05) is 24.3 Å². The predicted molar refractivity (Wildman–Crippen MR) is 179 cm³/mol. The fourth-order valence-electron chi connectivity index (χ4n) is 6.98. The van der Waals surface area contributed by atoms with E-state index in [1.165, 1.54) is 16.9 Å². The van der Waals surface area contributed by atoms with Gasteiger partial charge in [0, 0.05) is 36.9 Å². The lowest BCUT2D eigenvalue weighted by atomic mass is 9.71. The smallest absolute Gasteiger partial charge is 0.280 e. The van der Waals surface area contributed by atoms with Crippen molar-refractivity contribution in [3.63, 3.8) is 0 Å². The van der Waals surface area contributed by atoms with Crippen molar-refractivity contribution in [2.24, 2.45) is 11.3 Å². The standard InChI is InChI=1S/C35H48N6O3S/c1-35(2,3)25-7-8-28-24(20-25)21-30-33(39-28)45-34(40-30)32(44)38-29(13-18-41-16-11-27(42)12-17-41)22-5-4-6-23(19-22)31(43)37-26-9-14-36-15-10-26/h4-6,19,21,25-27,29,36,42H,7-18,20H2,1-3H3,(H,37,43)(H,38,44)/t25-,29+/m0/s1. The van der Waals surface area contributed by atoms with Crippen LogP contribution in [0.1, 0.15) is 102 Å². The zero-order chi connectivity index (χ0) is 31.6. The van der Waals surface area contributed by atoms with Crippen LogP contribution >= 0.6 is 11.3 Å². The molecule has 45 heavy (non-hydrogen) atoms. The summed E-state index contributed by atoms with van der Waals surface area (Å²) in [4.78, 5) is 39.8. The highest BCUT2D eigenvalue weighted by Gasteiger charge is 2.30. The Morgan fingerprint density at radius 3 is 2.60 bits per heavy atom. The second kappa shape index (κ2) is 13.8. The van der Waals surface area contributed by atoms with Crippen LogP contribution in [0.15, 0.2) is 30.3 Å². The molecule has 10 heteroatoms. The van der Waals surface area contributed by atoms with Crippen molar-refractivity contribution < 1.29 is 14.7 Å². The minimum absolute atomic E-state index is 0.0752. The lowest BCUT2D eigenvalue weighted by Gasteiger charge is -2.34. The third-order valence-electron chi connectivity index (χ3n) is 9.99. The molecular formula is C35H48N6O3S. The first-order chi connectivity index (χ1) is 21.6. The lowest BCUT2D eigenvalue weighted by molar-refractivity contribution is 0.0795. The molecule has 3 aromatic rings. The van der Waals surface area contributed by atoms with Gasteiger partial charge in [0.2, 0.25) is 0 Å². The molecule has 4 heterocycles. The Balaban J connectivity index is 1.20. The molecule has 0 bridgehead atoms. The molecule has 2 saturated heterocycles. The number of aliphatic hydroxyl groups is 1. The van der Waals surface area contributed by atoms with E-state index in [2.05, 4.69) is 47.7 Å². The van der Waals surface area contributed by atoms with Gasteiger partial charge in [-0.2, -0.15) is 0 Å². The monoisotopic (exact) mass is 632 g/mol. The van der Waals surface area contributed by atoms with Crippen LogP contribution in [-0.2, 0) is 12.8 Å². The maximum absolute atomic E-state index is 13.8. The third-order valence-corrected chi connectivity index (χ3v) is 11.0. The Labute approximate surface area is 270 Å². The molecule has 2 amide bonds. The topological polar surface area (TPSA) is 119 Å². The number of thiazole rings is 1. The van der Waals surface area contributed by atoms with Crippen molar-refractivity contribution in [2.45, 2.75) is 90.3 Å². The van der Waals surface area contributed by atoms with Gasteiger partial charge in [-0.15, -0.1) is 0 Å². The van der Waals surface area contributed by atoms with Crippen molar-refractivity contribution in [1.29, 1.82) is 0 Å². The number of aliphatic hydroxyl groups excluding tert-OH is 1. The third kappa shape index (κ3) is 7.91. The van der Waals surface area contributed by atoms with Gasteiger partial charge in [-0.05, 0) is 105 Å². The number of carbonyl (C=O) groups excluding carboxylic acids is 2. The normalized spacial score (nSPS) is 20.9. The van der Waals surface area contributed by atoms with Crippen LogP contribution in [0, 0.1) is 11.3 Å². The van der Waals surface area contributed by atoms with Crippen LogP contribution in [0.25, 0.3) is 10.3 Å². The molecule has 2 aliphatic heterocycles. The first-order valence-electron chi connectivity index (χ1n) is 16.7. The minimum Gasteiger partial charge on any atom is -0.393 e. The molecule has 4 N–H and O–H groups in total. The molecule has 1 aliphatic carbocycles. The molecule has 9 nitrogen and oxygen atoms in total. The van der Waals surface area contributed by atoms with E-state index < -0.39 is 0 Å². The number of nitrogens with zero attached hydrogens (tertiary/aromatic N) is 3. The molecule has 2 fully saturated rings. The maximum Gasteiger partial charge on any atom is 0.280 e. The van der Waals surface area contributed by atoms with Gasteiger partial charge in [-0.25, -0.2) is 9.97 Å². The van der Waals surface area contributed by atoms with E-state index >= 15 is 0 Å². The Bertz CT molecular complexity index is 1500. The Hall–Kier alpha value is -2.92. The number of rotatable bonds is 8. The Morgan fingerprint density at radius 2 is 1.84 bits per heavy atom. The Morgan fingerprint density at radius 1 is 1.07 bits per heavy atom. The zero-order valence-corrected chi connectivity index (χ0v) is 27.7. The average Bonchev–Trinajstić information content (AvgIpc) is 3.45. The second-order valence-corrected chi connectivity index (χ2v) is 15.2. The lowest BCUT2D eigenvalue weighted by Crippen LogP contribution is -2.42. The van der Waals surface area contributed by atoms with Crippen LogP contribution in [-0.4, -0.2) is 76.7 Å². The number of nitrogens with one attached hydrogen (secondary N) is 3. The molecule has 242 valence electrons. The molecule has 1 aromatic carbocycles. The van der Waals surface area contributed by atoms with Crippen LogP contribution in [0.4, 0.5) is 0 Å². The summed E-state index contributed by atoms with van der Waals surface area (Å²) in [6.45, 7) is 11.2. The largest absolute Gasteiger partial charge is 0.393 e. The number of hydrogen-bond donors (Lipinski definition) is 4. The van der Waals surface area contributed by atoms with Crippen molar-refractivity contribution in [1.82, 2.24) is 30.8 Å². The number of pyridine rings is 1. The van der Waals surface area contributed by atoms with Gasteiger partial charge in [0.1, 0.15) is 10.3 Å². The number of aryl methyl sites for hydroxylation is 1. The van der Waals surface area contributed by atoms with E-state index in [0.29, 0.717) is 22.9 Å². The van der Waals surface area contributed by atoms with E-state index in [1.54, 1.807) is 0 Å². The molecule has 3 aliphatic rings. The zero-order valence-electron chi connectivity index (χ0n) is 26.9. The van der Waals surface area contributed by atoms with Crippen LogP contribution in [0.2, 0.25) is 0 Å². The molecule has 0 radical (unpaired) electrons. The van der Waals surface area contributed by atoms with Gasteiger partial charge in [-0.1, -0.05) is 44.2 Å². The quantitative estimate of drug-likeness (QED) is 0.286. The SMILES string of the molecule is CC(C)(C)[C@H]1CCc2nc3sc(C(=O)N[C@H](CCN4CCC(O)CC4)c4cccc(C(=O)NC5CCNCC5)c4)nc3cc2C1. The first kappa shape index (κ1) is 32.0. The predicted octanol–water partition coefficient (Wildman–Crippen LogP) is 4.64. The minimum atomic E-state index is -0.295. The molecule has 0 spiro atoms. The van der Waals surface area contributed by atoms with E-state index in [4.69, 9.17) is 9.97 Å². The number of aromatic nitrogens is 2. The van der Waals surface area contributed by atoms with Crippen molar-refractivity contribution in [3.05, 3.63) is 57.7 Å². The number of likely N-dealkylation sites (tertiary alicyclic amines) is 1. The maximum atomic E-state index is 13.8. The number of fused-ring (bicyclic) bond motifs is 2. The van der Waals surface area contributed by atoms with E-state index in [0.717, 1.165) is 99.3 Å². The van der Waals surface area contributed by atoms with Gasteiger partial charge >= 0.3 is 0 Å². The summed E-state index contributed by atoms with van der Waals surface area (Å²) in [5.41, 5.74) is 4.95. The fraction of sp³-hybridized carbons (Fsp3) is 0.600. The molecular weight excluding hydrogens is 584 g/mol. The van der Waals surface area contributed by atoms with Gasteiger partial charge in [0.25, 0.3) is 11.8 Å². The second-order valence-electron chi connectivity index (χ2n) is 14.3. The molecule has 2 aromatic heterocycles. The highest BCUT2D eigenvalue weighted by Crippen LogP contribution is 2.38. The summed E-state index contributed by atoms with van der Waals surface area (Å²) in [5, 5.41) is 20.2. The van der Waals surface area contributed by atoms with Crippen molar-refractivity contribution in [3.8, 4) is 0 Å². The molecule has 6 rings (SSSR count). The Kier molecular flexibility index (Phi) is 9.85. The van der Waals surface area contributed by atoms with Gasteiger partial charge < -0.3 is 26.0 Å². The molecule has 0 unspecified atom stereocenters. The first-order valence-corrected chi connectivity index (χ1v) is 17.6. The summed E-state index contributed by atoms with van der Waals surface area (Å²) in [6.07, 6.45) is 6.93. The number of benzene rings is 1. The average molecular weight is 633 g/mol. The van der Waals surface area contributed by atoms with Crippen LogP contribution in [0.3, 0.4) is 0 Å².